The molecule has 0 spiro atoms. The summed E-state index contributed by atoms with van der Waals surface area (Å²) in [6, 6.07) is -0.301. The predicted octanol–water partition coefficient (Wildman–Crippen LogP) is 2.18. The van der Waals surface area contributed by atoms with Crippen LogP contribution in [0.1, 0.15) is 44.9 Å². The third-order valence-electron chi connectivity index (χ3n) is 5.00. The molecule has 128 valence electrons. The molecule has 2 rings (SSSR count). The number of carbonyl (C=O) groups excluding carboxylic acids is 1. The number of thioether (sulfide) groups is 1. The number of piperidine rings is 1. The van der Waals surface area contributed by atoms with Crippen molar-refractivity contribution in [2.45, 2.75) is 51.0 Å². The SMILES string of the molecule is CSCC[C@H](N)C(=O)N1CCC[C@@H](CN2CCCCCC2)C1. The summed E-state index contributed by atoms with van der Waals surface area (Å²) in [4.78, 5) is 17.1. The number of amides is 1. The maximum atomic E-state index is 12.5. The fourth-order valence-electron chi connectivity index (χ4n) is 3.70. The van der Waals surface area contributed by atoms with Crippen LogP contribution in [0.2, 0.25) is 0 Å². The molecule has 2 aliphatic heterocycles. The summed E-state index contributed by atoms with van der Waals surface area (Å²) in [6.07, 6.45) is 10.7. The Hall–Kier alpha value is -0.260. The first-order valence-electron chi connectivity index (χ1n) is 8.96. The Morgan fingerprint density at radius 2 is 1.91 bits per heavy atom. The van der Waals surface area contributed by atoms with Crippen molar-refractivity contribution >= 4 is 17.7 Å². The van der Waals surface area contributed by atoms with E-state index in [0.29, 0.717) is 5.92 Å². The molecular weight excluding hydrogens is 294 g/mol. The topological polar surface area (TPSA) is 49.6 Å². The van der Waals surface area contributed by atoms with Crippen molar-refractivity contribution in [1.82, 2.24) is 9.80 Å². The average molecular weight is 328 g/mol. The van der Waals surface area contributed by atoms with Gasteiger partial charge in [0.15, 0.2) is 0 Å². The lowest BCUT2D eigenvalue weighted by Gasteiger charge is -2.36. The molecule has 2 saturated heterocycles. The van der Waals surface area contributed by atoms with Crippen molar-refractivity contribution in [2.75, 3.05) is 44.7 Å². The quantitative estimate of drug-likeness (QED) is 0.812. The molecule has 0 aliphatic carbocycles. The van der Waals surface area contributed by atoms with Crippen molar-refractivity contribution in [3.05, 3.63) is 0 Å². The second-order valence-electron chi connectivity index (χ2n) is 6.90. The minimum atomic E-state index is -0.301. The molecule has 2 aliphatic rings. The largest absolute Gasteiger partial charge is 0.341 e. The second kappa shape index (κ2) is 9.78. The molecule has 2 fully saturated rings. The van der Waals surface area contributed by atoms with Crippen LogP contribution in [-0.2, 0) is 4.79 Å². The maximum absolute atomic E-state index is 12.5. The summed E-state index contributed by atoms with van der Waals surface area (Å²) in [5.41, 5.74) is 6.07. The number of rotatable bonds is 6. The Morgan fingerprint density at radius 3 is 2.59 bits per heavy atom. The van der Waals surface area contributed by atoms with Gasteiger partial charge in [-0.1, -0.05) is 12.8 Å². The highest BCUT2D eigenvalue weighted by molar-refractivity contribution is 7.98. The minimum Gasteiger partial charge on any atom is -0.341 e. The van der Waals surface area contributed by atoms with Gasteiger partial charge in [0, 0.05) is 19.6 Å². The van der Waals surface area contributed by atoms with Crippen LogP contribution in [-0.4, -0.2) is 66.5 Å². The number of hydrogen-bond acceptors (Lipinski definition) is 4. The standard InChI is InChI=1S/C17H33N3OS/c1-22-12-8-16(18)17(21)20-11-6-7-15(14-20)13-19-9-4-2-3-5-10-19/h15-16H,2-14,18H2,1H3/t15-,16-/m0/s1. The zero-order valence-corrected chi connectivity index (χ0v) is 15.0. The van der Waals surface area contributed by atoms with Crippen molar-refractivity contribution in [3.8, 4) is 0 Å². The van der Waals surface area contributed by atoms with Gasteiger partial charge in [0.05, 0.1) is 6.04 Å². The summed E-state index contributed by atoms with van der Waals surface area (Å²) in [5.74, 6) is 1.79. The van der Waals surface area contributed by atoms with Gasteiger partial charge in [-0.05, 0) is 63.1 Å². The van der Waals surface area contributed by atoms with E-state index in [1.165, 1.54) is 51.7 Å². The molecule has 5 heteroatoms. The van der Waals surface area contributed by atoms with Gasteiger partial charge < -0.3 is 15.5 Å². The molecule has 2 N–H and O–H groups in total. The van der Waals surface area contributed by atoms with Crippen LogP contribution in [0.3, 0.4) is 0 Å². The monoisotopic (exact) mass is 327 g/mol. The zero-order chi connectivity index (χ0) is 15.8. The molecule has 0 aromatic rings. The lowest BCUT2D eigenvalue weighted by Crippen LogP contribution is -2.49. The molecule has 2 atom stereocenters. The van der Waals surface area contributed by atoms with Gasteiger partial charge in [-0.3, -0.25) is 4.79 Å². The molecule has 0 unspecified atom stereocenters. The molecule has 0 aromatic carbocycles. The Bertz CT molecular complexity index is 332. The van der Waals surface area contributed by atoms with Crippen LogP contribution < -0.4 is 5.73 Å². The van der Waals surface area contributed by atoms with E-state index >= 15 is 0 Å². The molecule has 1 amide bonds. The molecule has 2 heterocycles. The lowest BCUT2D eigenvalue weighted by atomic mass is 9.96. The van der Waals surface area contributed by atoms with E-state index in [0.717, 1.165) is 31.7 Å². The zero-order valence-electron chi connectivity index (χ0n) is 14.1. The highest BCUT2D eigenvalue weighted by atomic mass is 32.2. The summed E-state index contributed by atoms with van der Waals surface area (Å²) in [5, 5.41) is 0. The highest BCUT2D eigenvalue weighted by Crippen LogP contribution is 2.20. The van der Waals surface area contributed by atoms with E-state index in [1.807, 2.05) is 4.90 Å². The van der Waals surface area contributed by atoms with Gasteiger partial charge in [0.2, 0.25) is 5.91 Å². The first-order valence-corrected chi connectivity index (χ1v) is 10.4. The Kier molecular flexibility index (Phi) is 8.04. The van der Waals surface area contributed by atoms with E-state index in [4.69, 9.17) is 5.73 Å². The third-order valence-corrected chi connectivity index (χ3v) is 5.64. The lowest BCUT2D eigenvalue weighted by molar-refractivity contribution is -0.134. The van der Waals surface area contributed by atoms with Crippen molar-refractivity contribution in [3.63, 3.8) is 0 Å². The van der Waals surface area contributed by atoms with Gasteiger partial charge in [-0.2, -0.15) is 11.8 Å². The van der Waals surface area contributed by atoms with Crippen molar-refractivity contribution in [1.29, 1.82) is 0 Å². The van der Waals surface area contributed by atoms with E-state index in [9.17, 15) is 4.79 Å². The molecule has 0 saturated carbocycles. The van der Waals surface area contributed by atoms with Crippen molar-refractivity contribution in [2.24, 2.45) is 11.7 Å². The normalized spacial score (nSPS) is 25.7. The van der Waals surface area contributed by atoms with E-state index < -0.39 is 0 Å². The fraction of sp³-hybridized carbons (Fsp3) is 0.941. The summed E-state index contributed by atoms with van der Waals surface area (Å²) >= 11 is 1.76. The van der Waals surface area contributed by atoms with Crippen LogP contribution in [0.5, 0.6) is 0 Å². The van der Waals surface area contributed by atoms with Gasteiger partial charge in [0.1, 0.15) is 0 Å². The Balaban J connectivity index is 1.79. The van der Waals surface area contributed by atoms with Gasteiger partial charge in [0.25, 0.3) is 0 Å². The summed E-state index contributed by atoms with van der Waals surface area (Å²) in [6.45, 7) is 5.49. The highest BCUT2D eigenvalue weighted by Gasteiger charge is 2.28. The minimum absolute atomic E-state index is 0.176. The summed E-state index contributed by atoms with van der Waals surface area (Å²) < 4.78 is 0. The van der Waals surface area contributed by atoms with Crippen LogP contribution in [0.25, 0.3) is 0 Å². The molecule has 0 bridgehead atoms. The molecule has 0 aromatic heterocycles. The summed E-state index contributed by atoms with van der Waals surface area (Å²) in [7, 11) is 0. The first kappa shape index (κ1) is 18.1. The van der Waals surface area contributed by atoms with Gasteiger partial charge >= 0.3 is 0 Å². The molecule has 22 heavy (non-hydrogen) atoms. The number of likely N-dealkylation sites (tertiary alicyclic amines) is 2. The van der Waals surface area contributed by atoms with E-state index in [-0.39, 0.29) is 11.9 Å². The second-order valence-corrected chi connectivity index (χ2v) is 7.88. The number of hydrogen-bond donors (Lipinski definition) is 1. The fourth-order valence-corrected chi connectivity index (χ4v) is 4.19. The molecule has 0 radical (unpaired) electrons. The maximum Gasteiger partial charge on any atom is 0.239 e. The van der Waals surface area contributed by atoms with Crippen LogP contribution in [0, 0.1) is 5.92 Å². The van der Waals surface area contributed by atoms with E-state index in [1.54, 1.807) is 11.8 Å². The number of nitrogens with zero attached hydrogens (tertiary/aromatic N) is 2. The van der Waals surface area contributed by atoms with Gasteiger partial charge in [-0.15, -0.1) is 0 Å². The Morgan fingerprint density at radius 1 is 1.18 bits per heavy atom. The molecular formula is C17H33N3OS. The third kappa shape index (κ3) is 5.74. The van der Waals surface area contributed by atoms with Crippen LogP contribution >= 0.6 is 11.8 Å². The average Bonchev–Trinajstić information content (AvgIpc) is 2.80. The van der Waals surface area contributed by atoms with Crippen molar-refractivity contribution < 1.29 is 4.79 Å². The van der Waals surface area contributed by atoms with Crippen LogP contribution in [0.4, 0.5) is 0 Å². The first-order chi connectivity index (χ1) is 10.7. The van der Waals surface area contributed by atoms with Gasteiger partial charge in [-0.25, -0.2) is 0 Å². The molecule has 4 nitrogen and oxygen atoms in total. The smallest absolute Gasteiger partial charge is 0.239 e. The number of carbonyl (C=O) groups is 1. The van der Waals surface area contributed by atoms with E-state index in [2.05, 4.69) is 11.2 Å². The van der Waals surface area contributed by atoms with Crippen LogP contribution in [0.15, 0.2) is 0 Å². The predicted molar refractivity (Wildman–Crippen MR) is 95.2 cm³/mol. The number of nitrogens with two attached hydrogens (primary N) is 1. The Labute approximate surface area is 140 Å².